The fourth-order valence-corrected chi connectivity index (χ4v) is 1.73. The number of ether oxygens (including phenoxy) is 1. The van der Waals surface area contributed by atoms with Gasteiger partial charge >= 0.3 is 0 Å². The molecule has 0 atom stereocenters. The van der Waals surface area contributed by atoms with Crippen LogP contribution in [-0.2, 0) is 17.7 Å². The standard InChI is InChI=1S/C13H23N3O/c1-4-12-8-11(10-14)9-13(15-12)16(5-2)6-7-17-3/h8-9H,4-7,10,14H2,1-3H3. The molecule has 0 unspecified atom stereocenters. The Bertz CT molecular complexity index is 319. The van der Waals surface area contributed by atoms with Crippen LogP contribution in [0.1, 0.15) is 25.1 Å². The number of rotatable bonds is 7. The molecule has 0 aliphatic heterocycles. The van der Waals surface area contributed by atoms with E-state index < -0.39 is 0 Å². The van der Waals surface area contributed by atoms with Gasteiger partial charge in [-0.3, -0.25) is 0 Å². The molecule has 0 radical (unpaired) electrons. The van der Waals surface area contributed by atoms with E-state index in [9.17, 15) is 0 Å². The number of aromatic nitrogens is 1. The number of nitrogens with zero attached hydrogens (tertiary/aromatic N) is 2. The lowest BCUT2D eigenvalue weighted by molar-refractivity contribution is 0.205. The third kappa shape index (κ3) is 3.98. The molecule has 1 rings (SSSR count). The summed E-state index contributed by atoms with van der Waals surface area (Å²) in [7, 11) is 1.72. The molecule has 1 aromatic heterocycles. The van der Waals surface area contributed by atoms with Gasteiger partial charge in [-0.2, -0.15) is 0 Å². The lowest BCUT2D eigenvalue weighted by atomic mass is 10.2. The summed E-state index contributed by atoms with van der Waals surface area (Å²) in [6.45, 7) is 7.29. The highest BCUT2D eigenvalue weighted by Gasteiger charge is 2.08. The molecule has 0 amide bonds. The van der Waals surface area contributed by atoms with Crippen LogP contribution in [0.15, 0.2) is 12.1 Å². The minimum absolute atomic E-state index is 0.560. The number of pyridine rings is 1. The molecule has 0 bridgehead atoms. The molecule has 1 heterocycles. The molecule has 0 fully saturated rings. The maximum absolute atomic E-state index is 5.71. The van der Waals surface area contributed by atoms with Crippen LogP contribution in [0.4, 0.5) is 5.82 Å². The largest absolute Gasteiger partial charge is 0.383 e. The maximum atomic E-state index is 5.71. The van der Waals surface area contributed by atoms with Gasteiger partial charge in [-0.1, -0.05) is 6.92 Å². The topological polar surface area (TPSA) is 51.4 Å². The number of anilines is 1. The highest BCUT2D eigenvalue weighted by atomic mass is 16.5. The Labute approximate surface area is 104 Å². The molecule has 4 nitrogen and oxygen atoms in total. The summed E-state index contributed by atoms with van der Waals surface area (Å²) in [4.78, 5) is 6.85. The van der Waals surface area contributed by atoms with Gasteiger partial charge in [0.2, 0.25) is 0 Å². The highest BCUT2D eigenvalue weighted by molar-refractivity contribution is 5.42. The van der Waals surface area contributed by atoms with Crippen molar-refractivity contribution in [2.24, 2.45) is 5.73 Å². The summed E-state index contributed by atoms with van der Waals surface area (Å²) in [6.07, 6.45) is 0.933. The summed E-state index contributed by atoms with van der Waals surface area (Å²) in [5.74, 6) is 1.00. The van der Waals surface area contributed by atoms with Crippen LogP contribution >= 0.6 is 0 Å². The van der Waals surface area contributed by atoms with E-state index in [2.05, 4.69) is 35.9 Å². The van der Waals surface area contributed by atoms with Crippen LogP contribution in [0.25, 0.3) is 0 Å². The van der Waals surface area contributed by atoms with E-state index in [1.54, 1.807) is 7.11 Å². The summed E-state index contributed by atoms with van der Waals surface area (Å²) in [5.41, 5.74) is 7.95. The number of likely N-dealkylation sites (N-methyl/N-ethyl adjacent to an activating group) is 1. The average molecular weight is 237 g/mol. The van der Waals surface area contributed by atoms with E-state index in [4.69, 9.17) is 10.5 Å². The van der Waals surface area contributed by atoms with E-state index in [0.29, 0.717) is 13.2 Å². The molecular weight excluding hydrogens is 214 g/mol. The van der Waals surface area contributed by atoms with Gasteiger partial charge < -0.3 is 15.4 Å². The first-order chi connectivity index (χ1) is 8.24. The third-order valence-electron chi connectivity index (χ3n) is 2.79. The van der Waals surface area contributed by atoms with Crippen molar-refractivity contribution in [3.8, 4) is 0 Å². The molecule has 4 heteroatoms. The lowest BCUT2D eigenvalue weighted by Gasteiger charge is -2.22. The van der Waals surface area contributed by atoms with Crippen molar-refractivity contribution in [1.82, 2.24) is 4.98 Å². The van der Waals surface area contributed by atoms with Gasteiger partial charge in [0.1, 0.15) is 5.82 Å². The molecule has 2 N–H and O–H groups in total. The number of methoxy groups -OCH3 is 1. The second kappa shape index (κ2) is 7.25. The predicted molar refractivity (Wildman–Crippen MR) is 71.3 cm³/mol. The molecular formula is C13H23N3O. The van der Waals surface area contributed by atoms with E-state index in [-0.39, 0.29) is 0 Å². The van der Waals surface area contributed by atoms with Gasteiger partial charge in [-0.25, -0.2) is 4.98 Å². The van der Waals surface area contributed by atoms with Gasteiger partial charge in [-0.05, 0) is 31.0 Å². The van der Waals surface area contributed by atoms with Gasteiger partial charge in [0.05, 0.1) is 6.61 Å². The van der Waals surface area contributed by atoms with E-state index >= 15 is 0 Å². The Kier molecular flexibility index (Phi) is 5.94. The first-order valence-corrected chi connectivity index (χ1v) is 6.18. The molecule has 0 aliphatic rings. The Hall–Kier alpha value is -1.13. The number of aryl methyl sites for hydroxylation is 1. The molecule has 0 aliphatic carbocycles. The molecule has 96 valence electrons. The second-order valence-corrected chi connectivity index (χ2v) is 3.96. The summed E-state index contributed by atoms with van der Waals surface area (Å²) in [6, 6.07) is 4.14. The SMILES string of the molecule is CCc1cc(CN)cc(N(CC)CCOC)n1. The van der Waals surface area contributed by atoms with Crippen molar-refractivity contribution >= 4 is 5.82 Å². The first-order valence-electron chi connectivity index (χ1n) is 6.18. The summed E-state index contributed by atoms with van der Waals surface area (Å²) in [5, 5.41) is 0. The third-order valence-corrected chi connectivity index (χ3v) is 2.79. The smallest absolute Gasteiger partial charge is 0.129 e. The minimum Gasteiger partial charge on any atom is -0.383 e. The molecule has 0 spiro atoms. The van der Waals surface area contributed by atoms with E-state index in [1.165, 1.54) is 0 Å². The average Bonchev–Trinajstić information content (AvgIpc) is 2.39. The van der Waals surface area contributed by atoms with Crippen molar-refractivity contribution in [2.75, 3.05) is 31.7 Å². The van der Waals surface area contributed by atoms with Gasteiger partial charge in [0.25, 0.3) is 0 Å². The minimum atomic E-state index is 0.560. The number of nitrogens with two attached hydrogens (primary N) is 1. The highest BCUT2D eigenvalue weighted by Crippen LogP contribution is 2.15. The lowest BCUT2D eigenvalue weighted by Crippen LogP contribution is -2.28. The molecule has 1 aromatic rings. The zero-order valence-electron chi connectivity index (χ0n) is 11.1. The van der Waals surface area contributed by atoms with Crippen molar-refractivity contribution in [3.05, 3.63) is 23.4 Å². The molecule has 0 aromatic carbocycles. The first kappa shape index (κ1) is 13.9. The zero-order chi connectivity index (χ0) is 12.7. The Balaban J connectivity index is 2.92. The number of hydrogen-bond donors (Lipinski definition) is 1. The van der Waals surface area contributed by atoms with E-state index in [0.717, 1.165) is 36.6 Å². The van der Waals surface area contributed by atoms with Gasteiger partial charge in [0, 0.05) is 32.4 Å². The Morgan fingerprint density at radius 2 is 2.12 bits per heavy atom. The quantitative estimate of drug-likeness (QED) is 0.782. The predicted octanol–water partition coefficient (Wildman–Crippen LogP) is 1.58. The van der Waals surface area contributed by atoms with Crippen molar-refractivity contribution in [2.45, 2.75) is 26.8 Å². The molecule has 17 heavy (non-hydrogen) atoms. The zero-order valence-corrected chi connectivity index (χ0v) is 11.1. The fraction of sp³-hybridized carbons (Fsp3) is 0.615. The van der Waals surface area contributed by atoms with Crippen LogP contribution in [0.2, 0.25) is 0 Å². The maximum Gasteiger partial charge on any atom is 0.129 e. The molecule has 0 saturated carbocycles. The monoisotopic (exact) mass is 237 g/mol. The van der Waals surface area contributed by atoms with E-state index in [1.807, 2.05) is 0 Å². The Morgan fingerprint density at radius 3 is 2.65 bits per heavy atom. The van der Waals surface area contributed by atoms with Crippen LogP contribution in [-0.4, -0.2) is 31.8 Å². The fourth-order valence-electron chi connectivity index (χ4n) is 1.73. The molecule has 0 saturated heterocycles. The van der Waals surface area contributed by atoms with Crippen molar-refractivity contribution < 1.29 is 4.74 Å². The van der Waals surface area contributed by atoms with Gasteiger partial charge in [0.15, 0.2) is 0 Å². The van der Waals surface area contributed by atoms with Crippen LogP contribution in [0.5, 0.6) is 0 Å². The summed E-state index contributed by atoms with van der Waals surface area (Å²) < 4.78 is 5.11. The van der Waals surface area contributed by atoms with Crippen LogP contribution < -0.4 is 10.6 Å². The number of hydrogen-bond acceptors (Lipinski definition) is 4. The van der Waals surface area contributed by atoms with Gasteiger partial charge in [-0.15, -0.1) is 0 Å². The summed E-state index contributed by atoms with van der Waals surface area (Å²) >= 11 is 0. The van der Waals surface area contributed by atoms with Crippen LogP contribution in [0.3, 0.4) is 0 Å². The van der Waals surface area contributed by atoms with Crippen LogP contribution in [0, 0.1) is 0 Å². The second-order valence-electron chi connectivity index (χ2n) is 3.96. The van der Waals surface area contributed by atoms with Crippen molar-refractivity contribution in [1.29, 1.82) is 0 Å². The normalized spacial score (nSPS) is 10.6. The van der Waals surface area contributed by atoms with Crippen molar-refractivity contribution in [3.63, 3.8) is 0 Å². The Morgan fingerprint density at radius 1 is 1.35 bits per heavy atom.